The van der Waals surface area contributed by atoms with Crippen molar-refractivity contribution in [1.29, 1.82) is 0 Å². The number of aryl methyl sites for hydroxylation is 1. The number of piperazine rings is 1. The van der Waals surface area contributed by atoms with Gasteiger partial charge in [0, 0.05) is 49.9 Å². The van der Waals surface area contributed by atoms with Gasteiger partial charge in [-0.15, -0.1) is 12.4 Å². The van der Waals surface area contributed by atoms with Crippen LogP contribution in [-0.2, 0) is 11.3 Å². The molecule has 0 radical (unpaired) electrons. The van der Waals surface area contributed by atoms with E-state index in [0.29, 0.717) is 30.0 Å². The zero-order valence-electron chi connectivity index (χ0n) is 20.0. The Morgan fingerprint density at radius 1 is 1.32 bits per heavy atom. The maximum Gasteiger partial charge on any atom is 0.291 e. The van der Waals surface area contributed by atoms with Gasteiger partial charge in [-0.2, -0.15) is 9.61 Å². The molecule has 0 aromatic carbocycles. The van der Waals surface area contributed by atoms with Crippen molar-refractivity contribution >= 4 is 35.9 Å². The molecule has 1 aliphatic carbocycles. The fourth-order valence-corrected chi connectivity index (χ4v) is 4.20. The number of carbonyl (C=O) groups excluding carboxylic acids is 2. The van der Waals surface area contributed by atoms with E-state index in [2.05, 4.69) is 15.7 Å². The van der Waals surface area contributed by atoms with Crippen molar-refractivity contribution in [2.75, 3.05) is 19.6 Å². The highest BCUT2D eigenvalue weighted by Crippen LogP contribution is 2.26. The van der Waals surface area contributed by atoms with E-state index in [-0.39, 0.29) is 47.8 Å². The molecule has 0 bridgehead atoms. The highest BCUT2D eigenvalue weighted by atomic mass is 35.5. The molecule has 1 saturated carbocycles. The highest BCUT2D eigenvalue weighted by Gasteiger charge is 2.30. The highest BCUT2D eigenvalue weighted by molar-refractivity contribution is 5.97. The smallest absolute Gasteiger partial charge is 0.291 e. The number of nitrogens with one attached hydrogen (secondary N) is 2. The Morgan fingerprint density at radius 3 is 2.65 bits per heavy atom. The lowest BCUT2D eigenvalue weighted by Crippen LogP contribution is -2.51. The van der Waals surface area contributed by atoms with E-state index in [9.17, 15) is 19.5 Å². The van der Waals surface area contributed by atoms with Gasteiger partial charge in [0.2, 0.25) is 11.8 Å². The Bertz CT molecular complexity index is 1180. The van der Waals surface area contributed by atoms with E-state index in [0.717, 1.165) is 30.4 Å². The summed E-state index contributed by atoms with van der Waals surface area (Å²) in [6.07, 6.45) is 4.87. The molecule has 1 aliphatic heterocycles. The summed E-state index contributed by atoms with van der Waals surface area (Å²) in [5.74, 6) is -0.967. The molecule has 2 aliphatic rings. The average Bonchev–Trinajstić information content (AvgIpc) is 3.50. The van der Waals surface area contributed by atoms with Gasteiger partial charge in [0.1, 0.15) is 5.65 Å². The van der Waals surface area contributed by atoms with Crippen LogP contribution in [0.15, 0.2) is 10.9 Å². The van der Waals surface area contributed by atoms with Gasteiger partial charge >= 0.3 is 0 Å². The Kier molecular flexibility index (Phi) is 7.72. The first kappa shape index (κ1) is 25.8. The first-order chi connectivity index (χ1) is 15.7. The number of aromatic nitrogens is 3. The average molecular weight is 493 g/mol. The molecule has 1 atom stereocenters. The lowest BCUT2D eigenvalue weighted by molar-refractivity contribution is -0.128. The van der Waals surface area contributed by atoms with Crippen LogP contribution in [0.5, 0.6) is 5.88 Å². The van der Waals surface area contributed by atoms with Crippen molar-refractivity contribution < 1.29 is 14.7 Å². The first-order valence-corrected chi connectivity index (χ1v) is 11.5. The minimum atomic E-state index is -0.676. The third-order valence-electron chi connectivity index (χ3n) is 6.09. The third-order valence-corrected chi connectivity index (χ3v) is 6.09. The Hall–Kier alpha value is -2.85. The van der Waals surface area contributed by atoms with Gasteiger partial charge in [-0.1, -0.05) is 13.8 Å². The third kappa shape index (κ3) is 4.97. The van der Waals surface area contributed by atoms with Crippen molar-refractivity contribution in [3.05, 3.63) is 33.3 Å². The Balaban J connectivity index is 0.00000324. The standard InChI is InChI=1S/C23H32N6O4.ClH/c1-13(2)12-28-21-17(7-8-18(30)27-10-9-24-11-14(27)3)15(4)26-29(21)23(33)19(22(28)32)20(31)25-16-5-6-16;/h7-8,13-14,16,24,32H,5-6,9-12H2,1-4H3,(H,25,31);1H/b8-7+;/t14-;/m0./s1. The number of amides is 2. The second-order valence-electron chi connectivity index (χ2n) is 9.41. The molecule has 1 saturated heterocycles. The first-order valence-electron chi connectivity index (χ1n) is 11.5. The van der Waals surface area contributed by atoms with Crippen LogP contribution in [0.3, 0.4) is 0 Å². The van der Waals surface area contributed by atoms with Crippen LogP contribution < -0.4 is 16.2 Å². The number of hydrogen-bond acceptors (Lipinski definition) is 6. The zero-order chi connectivity index (χ0) is 23.9. The van der Waals surface area contributed by atoms with E-state index >= 15 is 0 Å². The SMILES string of the molecule is Cc1nn2c(=O)c(C(=O)NC3CC3)c(O)n(CC(C)C)c2c1/C=C/C(=O)N1CCNC[C@@H]1C.Cl. The van der Waals surface area contributed by atoms with Crippen molar-refractivity contribution in [3.63, 3.8) is 0 Å². The number of aromatic hydroxyl groups is 1. The van der Waals surface area contributed by atoms with E-state index in [1.54, 1.807) is 22.5 Å². The minimum absolute atomic E-state index is 0. The quantitative estimate of drug-likeness (QED) is 0.523. The topological polar surface area (TPSA) is 121 Å². The second kappa shape index (κ2) is 10.2. The molecular formula is C23H33ClN6O4. The molecule has 2 aromatic heterocycles. The van der Waals surface area contributed by atoms with Gasteiger partial charge < -0.3 is 20.6 Å². The molecule has 0 spiro atoms. The van der Waals surface area contributed by atoms with Gasteiger partial charge in [-0.3, -0.25) is 19.0 Å². The maximum absolute atomic E-state index is 13.2. The lowest BCUT2D eigenvalue weighted by Gasteiger charge is -2.33. The molecule has 3 N–H and O–H groups in total. The van der Waals surface area contributed by atoms with Crippen molar-refractivity contribution in [1.82, 2.24) is 29.7 Å². The number of nitrogens with zero attached hydrogens (tertiary/aromatic N) is 4. The number of fused-ring (bicyclic) bond motifs is 1. The fraction of sp³-hybridized carbons (Fsp3) is 0.565. The van der Waals surface area contributed by atoms with Crippen molar-refractivity contribution in [2.24, 2.45) is 5.92 Å². The van der Waals surface area contributed by atoms with Gasteiger partial charge in [-0.05, 0) is 38.7 Å². The summed E-state index contributed by atoms with van der Waals surface area (Å²) < 4.78 is 2.71. The number of hydrogen-bond donors (Lipinski definition) is 3. The maximum atomic E-state index is 13.2. The molecular weight excluding hydrogens is 460 g/mol. The van der Waals surface area contributed by atoms with E-state index in [4.69, 9.17) is 0 Å². The summed E-state index contributed by atoms with van der Waals surface area (Å²) in [6.45, 7) is 10.2. The summed E-state index contributed by atoms with van der Waals surface area (Å²) in [5, 5.41) is 21.4. The molecule has 4 rings (SSSR count). The molecule has 2 aromatic rings. The van der Waals surface area contributed by atoms with Crippen LogP contribution >= 0.6 is 12.4 Å². The summed E-state index contributed by atoms with van der Waals surface area (Å²) in [6, 6.07) is 0.124. The van der Waals surface area contributed by atoms with Crippen LogP contribution in [0.4, 0.5) is 0 Å². The van der Waals surface area contributed by atoms with E-state index in [1.165, 1.54) is 6.08 Å². The minimum Gasteiger partial charge on any atom is -0.494 e. The Morgan fingerprint density at radius 2 is 2.03 bits per heavy atom. The molecule has 0 unspecified atom stereocenters. The van der Waals surface area contributed by atoms with Crippen LogP contribution in [0, 0.1) is 12.8 Å². The van der Waals surface area contributed by atoms with Crippen LogP contribution in [0.25, 0.3) is 11.7 Å². The van der Waals surface area contributed by atoms with Crippen molar-refractivity contribution in [3.8, 4) is 5.88 Å². The van der Waals surface area contributed by atoms with E-state index in [1.807, 2.05) is 20.8 Å². The summed E-state index contributed by atoms with van der Waals surface area (Å²) in [7, 11) is 0. The Labute approximate surface area is 204 Å². The number of halogens is 1. The fourth-order valence-electron chi connectivity index (χ4n) is 4.20. The molecule has 2 fully saturated rings. The van der Waals surface area contributed by atoms with Gasteiger partial charge in [0.05, 0.1) is 5.69 Å². The molecule has 10 nitrogen and oxygen atoms in total. The second-order valence-corrected chi connectivity index (χ2v) is 9.41. The largest absolute Gasteiger partial charge is 0.494 e. The van der Waals surface area contributed by atoms with Gasteiger partial charge in [-0.25, -0.2) is 0 Å². The lowest BCUT2D eigenvalue weighted by atomic mass is 10.1. The summed E-state index contributed by atoms with van der Waals surface area (Å²) in [4.78, 5) is 40.5. The molecule has 3 heterocycles. The molecule has 2 amide bonds. The molecule has 11 heteroatoms. The van der Waals surface area contributed by atoms with E-state index < -0.39 is 11.5 Å². The van der Waals surface area contributed by atoms with Crippen molar-refractivity contribution in [2.45, 2.75) is 59.2 Å². The summed E-state index contributed by atoms with van der Waals surface area (Å²) >= 11 is 0. The number of rotatable bonds is 6. The normalized spacial score (nSPS) is 18.5. The number of carbonyl (C=O) groups is 2. The van der Waals surface area contributed by atoms with Gasteiger partial charge in [0.15, 0.2) is 5.56 Å². The predicted octanol–water partition coefficient (Wildman–Crippen LogP) is 1.31. The molecule has 186 valence electrons. The van der Waals surface area contributed by atoms with Crippen LogP contribution in [0.2, 0.25) is 0 Å². The summed E-state index contributed by atoms with van der Waals surface area (Å²) in [5.41, 5.74) is 0.475. The van der Waals surface area contributed by atoms with Crippen LogP contribution in [-0.4, -0.2) is 67.7 Å². The molecule has 34 heavy (non-hydrogen) atoms. The zero-order valence-corrected chi connectivity index (χ0v) is 20.8. The predicted molar refractivity (Wildman–Crippen MR) is 132 cm³/mol. The van der Waals surface area contributed by atoms with Gasteiger partial charge in [0.25, 0.3) is 11.5 Å². The van der Waals surface area contributed by atoms with Crippen LogP contribution in [0.1, 0.15) is 55.2 Å². The monoisotopic (exact) mass is 492 g/mol.